The first-order chi connectivity index (χ1) is 7.75. The Morgan fingerprint density at radius 2 is 2.25 bits per heavy atom. The highest BCUT2D eigenvalue weighted by Crippen LogP contribution is 2.32. The number of carbonyl (C=O) groups is 1. The molecule has 1 aromatic carbocycles. The molecule has 0 unspecified atom stereocenters. The molecular weight excluding hydrogens is 202 g/mol. The third-order valence-corrected chi connectivity index (χ3v) is 2.83. The second kappa shape index (κ2) is 3.30. The van der Waals surface area contributed by atoms with Gasteiger partial charge >= 0.3 is 0 Å². The van der Waals surface area contributed by atoms with Crippen LogP contribution in [0.1, 0.15) is 23.7 Å². The van der Waals surface area contributed by atoms with Gasteiger partial charge < -0.3 is 4.74 Å². The van der Waals surface area contributed by atoms with Crippen LogP contribution < -0.4 is 4.74 Å². The Morgan fingerprint density at radius 3 is 3.12 bits per heavy atom. The molecule has 0 aliphatic carbocycles. The fourth-order valence-electron chi connectivity index (χ4n) is 2.14. The lowest BCUT2D eigenvalue weighted by molar-refractivity contribution is 0.0874. The van der Waals surface area contributed by atoms with Gasteiger partial charge in [-0.2, -0.15) is 0 Å². The molecule has 2 aromatic rings. The maximum absolute atomic E-state index is 12.0. The Balaban J connectivity index is 2.33. The number of hydrogen-bond donors (Lipinski definition) is 0. The van der Waals surface area contributed by atoms with E-state index >= 15 is 0 Å². The van der Waals surface area contributed by atoms with Crippen LogP contribution in [0.2, 0.25) is 0 Å². The van der Waals surface area contributed by atoms with Crippen molar-refractivity contribution in [3.63, 3.8) is 0 Å². The number of rotatable bonds is 0. The highest BCUT2D eigenvalue weighted by molar-refractivity contribution is 6.10. The second-order valence-electron chi connectivity index (χ2n) is 4.06. The van der Waals surface area contributed by atoms with Gasteiger partial charge in [0.05, 0.1) is 11.1 Å². The van der Waals surface area contributed by atoms with E-state index in [2.05, 4.69) is 4.98 Å². The highest BCUT2D eigenvalue weighted by atomic mass is 16.5. The van der Waals surface area contributed by atoms with Crippen LogP contribution in [-0.2, 0) is 0 Å². The van der Waals surface area contributed by atoms with Crippen LogP contribution in [-0.4, -0.2) is 16.9 Å². The molecule has 1 atom stereocenters. The normalized spacial score (nSPS) is 19.3. The number of ketones is 1. The Morgan fingerprint density at radius 1 is 1.38 bits per heavy atom. The molecule has 80 valence electrons. The fourth-order valence-corrected chi connectivity index (χ4v) is 2.14. The standard InChI is InChI=1S/C13H11NO2/c1-8-7-11(15)13-9-3-2-6-14-10(9)4-5-12(13)16-8/h2-6,8H,7H2,1H3/t8-/m1/s1. The summed E-state index contributed by atoms with van der Waals surface area (Å²) in [7, 11) is 0. The molecule has 1 aromatic heterocycles. The first-order valence-electron chi connectivity index (χ1n) is 5.33. The van der Waals surface area contributed by atoms with Crippen LogP contribution in [0.4, 0.5) is 0 Å². The zero-order chi connectivity index (χ0) is 11.1. The molecule has 1 aliphatic rings. The number of ether oxygens (including phenoxy) is 1. The van der Waals surface area contributed by atoms with Gasteiger partial charge in [0, 0.05) is 18.0 Å². The molecule has 0 bridgehead atoms. The first kappa shape index (κ1) is 9.33. The summed E-state index contributed by atoms with van der Waals surface area (Å²) in [5.41, 5.74) is 1.52. The zero-order valence-corrected chi connectivity index (χ0v) is 8.93. The SMILES string of the molecule is C[C@@H]1CC(=O)c2c(ccc3ncccc23)O1. The van der Waals surface area contributed by atoms with Crippen LogP contribution in [0.25, 0.3) is 10.9 Å². The average Bonchev–Trinajstić information content (AvgIpc) is 2.28. The fraction of sp³-hybridized carbons (Fsp3) is 0.231. The number of nitrogens with zero attached hydrogens (tertiary/aromatic N) is 1. The smallest absolute Gasteiger partial charge is 0.170 e. The summed E-state index contributed by atoms with van der Waals surface area (Å²) in [5.74, 6) is 0.830. The second-order valence-corrected chi connectivity index (χ2v) is 4.06. The van der Waals surface area contributed by atoms with Gasteiger partial charge in [-0.15, -0.1) is 0 Å². The minimum Gasteiger partial charge on any atom is -0.489 e. The lowest BCUT2D eigenvalue weighted by Crippen LogP contribution is -2.24. The number of aromatic nitrogens is 1. The van der Waals surface area contributed by atoms with E-state index in [1.54, 1.807) is 6.20 Å². The van der Waals surface area contributed by atoms with Crippen LogP contribution >= 0.6 is 0 Å². The lowest BCUT2D eigenvalue weighted by Gasteiger charge is -2.23. The van der Waals surface area contributed by atoms with E-state index in [0.29, 0.717) is 17.7 Å². The van der Waals surface area contributed by atoms with Crippen molar-refractivity contribution in [3.05, 3.63) is 36.0 Å². The van der Waals surface area contributed by atoms with E-state index in [1.165, 1.54) is 0 Å². The number of Topliss-reactive ketones (excluding diaryl/α,β-unsaturated/α-hetero) is 1. The van der Waals surface area contributed by atoms with Gasteiger partial charge in [-0.05, 0) is 25.1 Å². The van der Waals surface area contributed by atoms with E-state index in [1.807, 2.05) is 31.2 Å². The molecule has 0 radical (unpaired) electrons. The third-order valence-electron chi connectivity index (χ3n) is 2.83. The number of pyridine rings is 1. The molecule has 0 fully saturated rings. The number of fused-ring (bicyclic) bond motifs is 3. The Labute approximate surface area is 93.1 Å². The quantitative estimate of drug-likeness (QED) is 0.675. The van der Waals surface area contributed by atoms with E-state index in [-0.39, 0.29) is 11.9 Å². The largest absolute Gasteiger partial charge is 0.489 e. The molecule has 1 aliphatic heterocycles. The van der Waals surface area contributed by atoms with Crippen molar-refractivity contribution in [2.45, 2.75) is 19.4 Å². The molecule has 0 N–H and O–H groups in total. The Kier molecular flexibility index (Phi) is 1.93. The van der Waals surface area contributed by atoms with Crippen LogP contribution in [0.5, 0.6) is 5.75 Å². The van der Waals surface area contributed by atoms with Gasteiger partial charge in [-0.3, -0.25) is 9.78 Å². The number of carbonyl (C=O) groups excluding carboxylic acids is 1. The molecule has 3 rings (SSSR count). The summed E-state index contributed by atoms with van der Waals surface area (Å²) in [6.07, 6.45) is 2.14. The Bertz CT molecular complexity index is 577. The van der Waals surface area contributed by atoms with E-state index in [0.717, 1.165) is 10.9 Å². The highest BCUT2D eigenvalue weighted by Gasteiger charge is 2.25. The van der Waals surface area contributed by atoms with Crippen molar-refractivity contribution in [2.24, 2.45) is 0 Å². The molecule has 3 nitrogen and oxygen atoms in total. The van der Waals surface area contributed by atoms with Crippen molar-refractivity contribution in [2.75, 3.05) is 0 Å². The summed E-state index contributed by atoms with van der Waals surface area (Å²) in [5, 5.41) is 0.886. The summed E-state index contributed by atoms with van der Waals surface area (Å²) < 4.78 is 5.66. The summed E-state index contributed by atoms with van der Waals surface area (Å²) in [6.45, 7) is 1.91. The molecule has 2 heterocycles. The van der Waals surface area contributed by atoms with E-state index < -0.39 is 0 Å². The molecule has 16 heavy (non-hydrogen) atoms. The summed E-state index contributed by atoms with van der Waals surface area (Å²) in [6, 6.07) is 7.48. The number of hydrogen-bond acceptors (Lipinski definition) is 3. The number of benzene rings is 1. The van der Waals surface area contributed by atoms with Gasteiger partial charge in [0.25, 0.3) is 0 Å². The van der Waals surface area contributed by atoms with Gasteiger partial charge in [0.2, 0.25) is 0 Å². The van der Waals surface area contributed by atoms with Crippen molar-refractivity contribution < 1.29 is 9.53 Å². The average molecular weight is 213 g/mol. The van der Waals surface area contributed by atoms with E-state index in [9.17, 15) is 4.79 Å². The van der Waals surface area contributed by atoms with Crippen molar-refractivity contribution in [1.82, 2.24) is 4.98 Å². The van der Waals surface area contributed by atoms with Crippen molar-refractivity contribution in [3.8, 4) is 5.75 Å². The molecule has 0 spiro atoms. The van der Waals surface area contributed by atoms with E-state index in [4.69, 9.17) is 4.74 Å². The molecule has 3 heteroatoms. The Hall–Kier alpha value is -1.90. The molecule has 0 saturated carbocycles. The van der Waals surface area contributed by atoms with Crippen LogP contribution in [0, 0.1) is 0 Å². The predicted octanol–water partition coefficient (Wildman–Crippen LogP) is 2.59. The lowest BCUT2D eigenvalue weighted by atomic mass is 9.97. The molecular formula is C13H11NO2. The van der Waals surface area contributed by atoms with Crippen LogP contribution in [0.3, 0.4) is 0 Å². The van der Waals surface area contributed by atoms with Gasteiger partial charge in [-0.25, -0.2) is 0 Å². The first-order valence-corrected chi connectivity index (χ1v) is 5.33. The molecule has 0 saturated heterocycles. The monoisotopic (exact) mass is 213 g/mol. The zero-order valence-electron chi connectivity index (χ0n) is 8.93. The minimum absolute atomic E-state index is 0.0332. The van der Waals surface area contributed by atoms with Gasteiger partial charge in [-0.1, -0.05) is 6.07 Å². The maximum atomic E-state index is 12.0. The topological polar surface area (TPSA) is 39.2 Å². The van der Waals surface area contributed by atoms with Gasteiger partial charge in [0.1, 0.15) is 11.9 Å². The van der Waals surface area contributed by atoms with Crippen molar-refractivity contribution in [1.29, 1.82) is 0 Å². The van der Waals surface area contributed by atoms with Crippen molar-refractivity contribution >= 4 is 16.7 Å². The summed E-state index contributed by atoms with van der Waals surface area (Å²) in [4.78, 5) is 16.2. The maximum Gasteiger partial charge on any atom is 0.170 e. The summed E-state index contributed by atoms with van der Waals surface area (Å²) >= 11 is 0. The van der Waals surface area contributed by atoms with Gasteiger partial charge in [0.15, 0.2) is 5.78 Å². The predicted molar refractivity (Wildman–Crippen MR) is 60.8 cm³/mol. The molecule has 0 amide bonds. The third kappa shape index (κ3) is 1.28. The van der Waals surface area contributed by atoms with Crippen LogP contribution in [0.15, 0.2) is 30.5 Å². The minimum atomic E-state index is -0.0332.